The second-order valence-electron chi connectivity index (χ2n) is 5.69. The quantitative estimate of drug-likeness (QED) is 0.784. The first-order valence-electron chi connectivity index (χ1n) is 8.13. The van der Waals surface area contributed by atoms with Crippen LogP contribution in [0.2, 0.25) is 0 Å². The minimum Gasteiger partial charge on any atom is -0.494 e. The van der Waals surface area contributed by atoms with Gasteiger partial charge in [0.15, 0.2) is 6.61 Å². The molecule has 6 nitrogen and oxygen atoms in total. The van der Waals surface area contributed by atoms with Crippen molar-refractivity contribution in [1.29, 1.82) is 0 Å². The van der Waals surface area contributed by atoms with Crippen molar-refractivity contribution in [3.63, 3.8) is 0 Å². The molecule has 0 saturated heterocycles. The maximum absolute atomic E-state index is 12.1. The average Bonchev–Trinajstić information content (AvgIpc) is 2.63. The van der Waals surface area contributed by atoms with Crippen molar-refractivity contribution in [3.05, 3.63) is 54.1 Å². The summed E-state index contributed by atoms with van der Waals surface area (Å²) in [6.07, 6.45) is 1.58. The molecule has 2 aromatic carbocycles. The Hall–Kier alpha value is -3.02. The van der Waals surface area contributed by atoms with Gasteiger partial charge in [0.2, 0.25) is 0 Å². The van der Waals surface area contributed by atoms with Crippen molar-refractivity contribution in [3.8, 4) is 11.5 Å². The number of anilines is 1. The molecule has 0 fully saturated rings. The number of ether oxygens (including phenoxy) is 2. The number of amides is 1. The Kier molecular flexibility index (Phi) is 5.18. The maximum atomic E-state index is 12.1. The van der Waals surface area contributed by atoms with E-state index in [1.54, 1.807) is 11.0 Å². The first-order valence-corrected chi connectivity index (χ1v) is 8.13. The minimum atomic E-state index is -1.02. The number of fused-ring (bicyclic) bond motifs is 1. The zero-order valence-corrected chi connectivity index (χ0v) is 13.7. The molecule has 2 aromatic rings. The van der Waals surface area contributed by atoms with E-state index in [9.17, 15) is 9.59 Å². The SMILES string of the molecule is O=C(O)c1ccc2c(c1)OCC(=O)N2CCCCOc1ccccc1. The molecule has 0 aromatic heterocycles. The number of carbonyl (C=O) groups is 2. The highest BCUT2D eigenvalue weighted by Gasteiger charge is 2.25. The summed E-state index contributed by atoms with van der Waals surface area (Å²) >= 11 is 0. The number of carbonyl (C=O) groups excluding carboxylic acids is 1. The molecule has 0 unspecified atom stereocenters. The molecule has 130 valence electrons. The average molecular weight is 341 g/mol. The molecule has 1 aliphatic heterocycles. The van der Waals surface area contributed by atoms with Gasteiger partial charge in [-0.2, -0.15) is 0 Å². The number of nitrogens with zero attached hydrogens (tertiary/aromatic N) is 1. The van der Waals surface area contributed by atoms with Gasteiger partial charge in [0.1, 0.15) is 11.5 Å². The Labute approximate surface area is 145 Å². The summed E-state index contributed by atoms with van der Waals surface area (Å²) in [7, 11) is 0. The predicted octanol–water partition coefficient (Wildman–Crippen LogP) is 2.97. The largest absolute Gasteiger partial charge is 0.494 e. The number of hydrogen-bond donors (Lipinski definition) is 1. The predicted molar refractivity (Wildman–Crippen MR) is 92.4 cm³/mol. The minimum absolute atomic E-state index is 0.0728. The lowest BCUT2D eigenvalue weighted by atomic mass is 10.1. The van der Waals surface area contributed by atoms with Crippen LogP contribution in [0, 0.1) is 0 Å². The lowest BCUT2D eigenvalue weighted by Crippen LogP contribution is -2.39. The Bertz CT molecular complexity index is 760. The number of rotatable bonds is 7. The molecule has 1 N–H and O–H groups in total. The first kappa shape index (κ1) is 16.8. The van der Waals surface area contributed by atoms with Crippen LogP contribution in [0.25, 0.3) is 0 Å². The van der Waals surface area contributed by atoms with E-state index in [4.69, 9.17) is 14.6 Å². The normalized spacial score (nSPS) is 13.1. The molecule has 3 rings (SSSR count). The smallest absolute Gasteiger partial charge is 0.335 e. The van der Waals surface area contributed by atoms with Gasteiger partial charge in [-0.05, 0) is 43.2 Å². The fourth-order valence-corrected chi connectivity index (χ4v) is 2.66. The Balaban J connectivity index is 1.55. The highest BCUT2D eigenvalue weighted by atomic mass is 16.5. The molecule has 0 atom stereocenters. The van der Waals surface area contributed by atoms with Crippen molar-refractivity contribution < 1.29 is 24.2 Å². The maximum Gasteiger partial charge on any atom is 0.335 e. The lowest BCUT2D eigenvalue weighted by molar-refractivity contribution is -0.121. The topological polar surface area (TPSA) is 76.1 Å². The van der Waals surface area contributed by atoms with Crippen LogP contribution in [0.5, 0.6) is 11.5 Å². The van der Waals surface area contributed by atoms with E-state index in [0.717, 1.165) is 18.6 Å². The highest BCUT2D eigenvalue weighted by Crippen LogP contribution is 2.33. The fraction of sp³-hybridized carbons (Fsp3) is 0.263. The summed E-state index contributed by atoms with van der Waals surface area (Å²) in [5, 5.41) is 9.05. The van der Waals surface area contributed by atoms with Gasteiger partial charge in [0.25, 0.3) is 5.91 Å². The number of hydrogen-bond acceptors (Lipinski definition) is 4. The third-order valence-electron chi connectivity index (χ3n) is 3.94. The van der Waals surface area contributed by atoms with Gasteiger partial charge >= 0.3 is 5.97 Å². The van der Waals surface area contributed by atoms with Gasteiger partial charge in [0, 0.05) is 6.54 Å². The standard InChI is InChI=1S/C19H19NO5/c21-18-13-25-17-12-14(19(22)23)8-9-16(17)20(18)10-4-5-11-24-15-6-2-1-3-7-15/h1-3,6-9,12H,4-5,10-11,13H2,(H,22,23). The summed E-state index contributed by atoms with van der Waals surface area (Å²) in [4.78, 5) is 24.8. The summed E-state index contributed by atoms with van der Waals surface area (Å²) in [5.41, 5.74) is 0.759. The monoisotopic (exact) mass is 341 g/mol. The molecule has 1 heterocycles. The van der Waals surface area contributed by atoms with Gasteiger partial charge in [-0.15, -0.1) is 0 Å². The third kappa shape index (κ3) is 4.09. The number of unbranched alkanes of at least 4 members (excludes halogenated alkanes) is 1. The van der Waals surface area contributed by atoms with E-state index in [-0.39, 0.29) is 18.1 Å². The van der Waals surface area contributed by atoms with Crippen LogP contribution in [0.15, 0.2) is 48.5 Å². The van der Waals surface area contributed by atoms with Crippen LogP contribution in [0.4, 0.5) is 5.69 Å². The molecule has 6 heteroatoms. The van der Waals surface area contributed by atoms with Crippen molar-refractivity contribution in [1.82, 2.24) is 0 Å². The van der Waals surface area contributed by atoms with E-state index >= 15 is 0 Å². The number of carboxylic acid groups (broad SMARTS) is 1. The molecule has 0 radical (unpaired) electrons. The number of aromatic carboxylic acids is 1. The van der Waals surface area contributed by atoms with E-state index in [2.05, 4.69) is 0 Å². The van der Waals surface area contributed by atoms with Gasteiger partial charge in [-0.1, -0.05) is 18.2 Å². The van der Waals surface area contributed by atoms with Crippen molar-refractivity contribution in [2.24, 2.45) is 0 Å². The van der Waals surface area contributed by atoms with Gasteiger partial charge < -0.3 is 19.5 Å². The first-order chi connectivity index (χ1) is 12.1. The highest BCUT2D eigenvalue weighted by molar-refractivity contribution is 5.99. The summed E-state index contributed by atoms with van der Waals surface area (Å²) in [5.74, 6) is 0.115. The molecule has 0 bridgehead atoms. The van der Waals surface area contributed by atoms with Crippen molar-refractivity contribution in [2.45, 2.75) is 12.8 Å². The van der Waals surface area contributed by atoms with E-state index < -0.39 is 5.97 Å². The second kappa shape index (κ2) is 7.70. The van der Waals surface area contributed by atoms with Crippen LogP contribution in [0.1, 0.15) is 23.2 Å². The molecule has 0 saturated carbocycles. The number of benzene rings is 2. The van der Waals surface area contributed by atoms with Gasteiger partial charge in [-0.3, -0.25) is 4.79 Å². The zero-order chi connectivity index (χ0) is 17.6. The zero-order valence-electron chi connectivity index (χ0n) is 13.7. The number of para-hydroxylation sites is 1. The van der Waals surface area contributed by atoms with E-state index in [1.165, 1.54) is 12.1 Å². The van der Waals surface area contributed by atoms with Gasteiger partial charge in [0.05, 0.1) is 17.9 Å². The molecular formula is C19H19NO5. The summed E-state index contributed by atoms with van der Waals surface area (Å²) in [6.45, 7) is 1.05. The van der Waals surface area contributed by atoms with Crippen molar-refractivity contribution in [2.75, 3.05) is 24.7 Å². The van der Waals surface area contributed by atoms with E-state index in [1.807, 2.05) is 30.3 Å². The molecular weight excluding hydrogens is 322 g/mol. The van der Waals surface area contributed by atoms with Crippen LogP contribution in [-0.4, -0.2) is 36.7 Å². The molecule has 25 heavy (non-hydrogen) atoms. The van der Waals surface area contributed by atoms with Gasteiger partial charge in [-0.25, -0.2) is 4.79 Å². The van der Waals surface area contributed by atoms with Crippen LogP contribution in [-0.2, 0) is 4.79 Å². The molecule has 0 spiro atoms. The Morgan fingerprint density at radius 2 is 1.96 bits per heavy atom. The molecule has 0 aliphatic carbocycles. The lowest BCUT2D eigenvalue weighted by Gasteiger charge is -2.29. The number of carboxylic acids is 1. The molecule has 1 amide bonds. The van der Waals surface area contributed by atoms with Crippen LogP contribution in [0.3, 0.4) is 0 Å². The van der Waals surface area contributed by atoms with Crippen molar-refractivity contribution >= 4 is 17.6 Å². The summed E-state index contributed by atoms with van der Waals surface area (Å²) in [6, 6.07) is 14.1. The molecule has 1 aliphatic rings. The second-order valence-corrected chi connectivity index (χ2v) is 5.69. The fourth-order valence-electron chi connectivity index (χ4n) is 2.66. The van der Waals surface area contributed by atoms with Crippen LogP contribution >= 0.6 is 0 Å². The summed E-state index contributed by atoms with van der Waals surface area (Å²) < 4.78 is 11.0. The Morgan fingerprint density at radius 3 is 2.72 bits per heavy atom. The third-order valence-corrected chi connectivity index (χ3v) is 3.94. The van der Waals surface area contributed by atoms with E-state index in [0.29, 0.717) is 24.6 Å². The Morgan fingerprint density at radius 1 is 1.16 bits per heavy atom. The van der Waals surface area contributed by atoms with Crippen LogP contribution < -0.4 is 14.4 Å².